The van der Waals surface area contributed by atoms with E-state index in [-0.39, 0.29) is 18.4 Å². The van der Waals surface area contributed by atoms with E-state index in [1.165, 1.54) is 13.3 Å². The van der Waals surface area contributed by atoms with Crippen LogP contribution in [0.2, 0.25) is 0 Å². The lowest BCUT2D eigenvalue weighted by Gasteiger charge is -2.26. The van der Waals surface area contributed by atoms with E-state index in [2.05, 4.69) is 26.5 Å². The molecule has 2 aromatic rings. The van der Waals surface area contributed by atoms with Crippen molar-refractivity contribution >= 4 is 34.0 Å². The smallest absolute Gasteiger partial charge is 0.271 e. The number of morpholine rings is 1. The van der Waals surface area contributed by atoms with E-state index in [4.69, 9.17) is 14.2 Å². The lowest BCUT2D eigenvalue weighted by molar-refractivity contribution is -0.137. The summed E-state index contributed by atoms with van der Waals surface area (Å²) in [5, 5.41) is 3.98. The Morgan fingerprint density at radius 2 is 2.00 bits per heavy atom. The number of nitrogens with zero attached hydrogens (tertiary/aromatic N) is 2. The number of rotatable bonds is 7. The molecule has 30 heavy (non-hydrogen) atoms. The van der Waals surface area contributed by atoms with Crippen LogP contribution in [-0.4, -0.2) is 62.9 Å². The maximum absolute atomic E-state index is 12.2. The molecule has 2 aromatic carbocycles. The quantitative estimate of drug-likeness (QED) is 0.490. The average molecular weight is 476 g/mol. The molecule has 2 amide bonds. The second kappa shape index (κ2) is 10.7. The van der Waals surface area contributed by atoms with Crippen LogP contribution in [0.25, 0.3) is 0 Å². The van der Waals surface area contributed by atoms with Crippen LogP contribution in [0.1, 0.15) is 15.9 Å². The Bertz CT molecular complexity index is 929. The summed E-state index contributed by atoms with van der Waals surface area (Å²) in [7, 11) is 1.52. The third kappa shape index (κ3) is 6.04. The number of carbonyl (C=O) groups is 2. The minimum absolute atomic E-state index is 0.0769. The molecule has 0 radical (unpaired) electrons. The van der Waals surface area contributed by atoms with Gasteiger partial charge < -0.3 is 19.1 Å². The number of hydrogen-bond donors (Lipinski definition) is 1. The van der Waals surface area contributed by atoms with Gasteiger partial charge in [0.2, 0.25) is 0 Å². The Kier molecular flexibility index (Phi) is 7.81. The van der Waals surface area contributed by atoms with Crippen molar-refractivity contribution < 1.29 is 23.8 Å². The van der Waals surface area contributed by atoms with Gasteiger partial charge in [-0.15, -0.1) is 0 Å². The average Bonchev–Trinajstić information content (AvgIpc) is 2.78. The fraction of sp³-hybridized carbons (Fsp3) is 0.286. The lowest BCUT2D eigenvalue weighted by atomic mass is 10.2. The second-order valence-corrected chi connectivity index (χ2v) is 7.32. The van der Waals surface area contributed by atoms with Crippen molar-refractivity contribution in [2.24, 2.45) is 5.10 Å². The lowest BCUT2D eigenvalue weighted by Crippen LogP contribution is -2.43. The number of ether oxygens (including phenoxy) is 3. The van der Waals surface area contributed by atoms with Gasteiger partial charge in [-0.1, -0.05) is 22.0 Å². The number of benzene rings is 2. The molecule has 1 saturated heterocycles. The molecule has 0 saturated carbocycles. The summed E-state index contributed by atoms with van der Waals surface area (Å²) >= 11 is 3.33. The van der Waals surface area contributed by atoms with Gasteiger partial charge in [0.25, 0.3) is 11.8 Å². The number of amides is 2. The van der Waals surface area contributed by atoms with E-state index in [1.54, 1.807) is 41.3 Å². The van der Waals surface area contributed by atoms with E-state index >= 15 is 0 Å². The van der Waals surface area contributed by atoms with E-state index < -0.39 is 0 Å². The molecule has 8 nitrogen and oxygen atoms in total. The van der Waals surface area contributed by atoms with Crippen molar-refractivity contribution in [2.45, 2.75) is 0 Å². The number of hydrazone groups is 1. The van der Waals surface area contributed by atoms with Crippen LogP contribution < -0.4 is 14.9 Å². The van der Waals surface area contributed by atoms with Crippen molar-refractivity contribution in [3.63, 3.8) is 0 Å². The SMILES string of the molecule is COc1cc(/C=N/NC(=O)c2cccc(Br)c2)ccc1OCC(=O)N1CCOCC1. The van der Waals surface area contributed by atoms with Crippen LogP contribution in [0.3, 0.4) is 0 Å². The number of halogens is 1. The van der Waals surface area contributed by atoms with Crippen molar-refractivity contribution in [1.82, 2.24) is 10.3 Å². The highest BCUT2D eigenvalue weighted by Crippen LogP contribution is 2.27. The van der Waals surface area contributed by atoms with Gasteiger partial charge in [0.15, 0.2) is 18.1 Å². The fourth-order valence-electron chi connectivity index (χ4n) is 2.79. The maximum Gasteiger partial charge on any atom is 0.271 e. The molecule has 3 rings (SSSR count). The van der Waals surface area contributed by atoms with Crippen LogP contribution in [0.5, 0.6) is 11.5 Å². The predicted octanol–water partition coefficient (Wildman–Crippen LogP) is 2.46. The van der Waals surface area contributed by atoms with E-state index in [9.17, 15) is 9.59 Å². The molecule has 0 bridgehead atoms. The zero-order chi connectivity index (χ0) is 21.3. The maximum atomic E-state index is 12.2. The molecule has 0 aromatic heterocycles. The fourth-order valence-corrected chi connectivity index (χ4v) is 3.19. The van der Waals surface area contributed by atoms with Gasteiger partial charge in [0, 0.05) is 23.1 Å². The number of hydrogen-bond acceptors (Lipinski definition) is 6. The second-order valence-electron chi connectivity index (χ2n) is 6.40. The summed E-state index contributed by atoms with van der Waals surface area (Å²) in [6, 6.07) is 12.2. The Hall–Kier alpha value is -2.91. The first-order valence-electron chi connectivity index (χ1n) is 9.32. The van der Waals surface area contributed by atoms with Crippen molar-refractivity contribution in [3.05, 3.63) is 58.1 Å². The zero-order valence-electron chi connectivity index (χ0n) is 16.5. The summed E-state index contributed by atoms with van der Waals surface area (Å²) in [6.45, 7) is 2.15. The summed E-state index contributed by atoms with van der Waals surface area (Å²) in [4.78, 5) is 26.0. The van der Waals surface area contributed by atoms with Gasteiger partial charge in [0.1, 0.15) is 0 Å². The minimum atomic E-state index is -0.318. The van der Waals surface area contributed by atoms with Crippen LogP contribution in [0.15, 0.2) is 52.0 Å². The van der Waals surface area contributed by atoms with Crippen LogP contribution in [0.4, 0.5) is 0 Å². The first-order chi connectivity index (χ1) is 14.6. The third-order valence-electron chi connectivity index (χ3n) is 4.37. The normalized spacial score (nSPS) is 13.9. The van der Waals surface area contributed by atoms with Gasteiger partial charge >= 0.3 is 0 Å². The van der Waals surface area contributed by atoms with Gasteiger partial charge in [-0.05, 0) is 42.0 Å². The predicted molar refractivity (Wildman–Crippen MR) is 115 cm³/mol. The largest absolute Gasteiger partial charge is 0.493 e. The molecule has 9 heteroatoms. The summed E-state index contributed by atoms with van der Waals surface area (Å²) < 4.78 is 17.0. The van der Waals surface area contributed by atoms with E-state index in [0.717, 1.165) is 4.47 Å². The molecule has 0 spiro atoms. The molecule has 0 atom stereocenters. The van der Waals surface area contributed by atoms with Crippen molar-refractivity contribution in [3.8, 4) is 11.5 Å². The molecule has 0 unspecified atom stereocenters. The highest BCUT2D eigenvalue weighted by atomic mass is 79.9. The Balaban J connectivity index is 1.57. The van der Waals surface area contributed by atoms with Crippen LogP contribution >= 0.6 is 15.9 Å². The molecule has 158 valence electrons. The molecule has 1 aliphatic heterocycles. The molecule has 1 N–H and O–H groups in total. The van der Waals surface area contributed by atoms with E-state index in [1.807, 2.05) is 6.07 Å². The molecule has 0 aliphatic carbocycles. The molecular weight excluding hydrogens is 454 g/mol. The van der Waals surface area contributed by atoms with Crippen LogP contribution in [0, 0.1) is 0 Å². The molecule has 1 heterocycles. The van der Waals surface area contributed by atoms with Crippen molar-refractivity contribution in [1.29, 1.82) is 0 Å². The number of methoxy groups -OCH3 is 1. The standard InChI is InChI=1S/C21H22BrN3O5/c1-28-19-11-15(13-23-24-21(27)16-3-2-4-17(22)12-16)5-6-18(19)30-14-20(26)25-7-9-29-10-8-25/h2-6,11-13H,7-10,14H2,1H3,(H,24,27)/b23-13+. The Morgan fingerprint density at radius 1 is 1.20 bits per heavy atom. The summed E-state index contributed by atoms with van der Waals surface area (Å²) in [5.74, 6) is 0.504. The molecule has 1 aliphatic rings. The number of nitrogens with one attached hydrogen (secondary N) is 1. The molecule has 1 fully saturated rings. The van der Waals surface area contributed by atoms with Gasteiger partial charge in [-0.2, -0.15) is 5.10 Å². The van der Waals surface area contributed by atoms with Crippen LogP contribution in [-0.2, 0) is 9.53 Å². The Morgan fingerprint density at radius 3 is 2.73 bits per heavy atom. The highest BCUT2D eigenvalue weighted by molar-refractivity contribution is 9.10. The first-order valence-corrected chi connectivity index (χ1v) is 10.1. The topological polar surface area (TPSA) is 89.5 Å². The van der Waals surface area contributed by atoms with Gasteiger partial charge in [0.05, 0.1) is 26.5 Å². The minimum Gasteiger partial charge on any atom is -0.493 e. The van der Waals surface area contributed by atoms with Gasteiger partial charge in [-0.25, -0.2) is 5.43 Å². The Labute approximate surface area is 182 Å². The summed E-state index contributed by atoms with van der Waals surface area (Å²) in [5.41, 5.74) is 3.68. The summed E-state index contributed by atoms with van der Waals surface area (Å²) in [6.07, 6.45) is 1.50. The van der Waals surface area contributed by atoms with E-state index in [0.29, 0.717) is 48.9 Å². The molecular formula is C21H22BrN3O5. The monoisotopic (exact) mass is 475 g/mol. The third-order valence-corrected chi connectivity index (χ3v) is 4.86. The zero-order valence-corrected chi connectivity index (χ0v) is 18.1. The van der Waals surface area contributed by atoms with Gasteiger partial charge in [-0.3, -0.25) is 9.59 Å². The van der Waals surface area contributed by atoms with Crippen molar-refractivity contribution in [2.75, 3.05) is 40.0 Å². The first kappa shape index (κ1) is 21.8. The highest BCUT2D eigenvalue weighted by Gasteiger charge is 2.18. The number of carbonyl (C=O) groups excluding carboxylic acids is 2.